The van der Waals surface area contributed by atoms with Gasteiger partial charge in [-0.3, -0.25) is 9.69 Å². The summed E-state index contributed by atoms with van der Waals surface area (Å²) in [5.41, 5.74) is 0.532. The summed E-state index contributed by atoms with van der Waals surface area (Å²) in [6.07, 6.45) is 2.06. The lowest BCUT2D eigenvalue weighted by molar-refractivity contribution is 0.0931. The van der Waals surface area contributed by atoms with Crippen LogP contribution in [0, 0.1) is 0 Å². The number of hydrogen-bond acceptors (Lipinski definition) is 3. The number of carbonyl (C=O) groups is 1. The van der Waals surface area contributed by atoms with Crippen molar-refractivity contribution in [1.82, 2.24) is 4.90 Å². The quantitative estimate of drug-likeness (QED) is 0.744. The molecule has 0 N–H and O–H groups in total. The van der Waals surface area contributed by atoms with Crippen molar-refractivity contribution < 1.29 is 4.79 Å². The van der Waals surface area contributed by atoms with Crippen molar-refractivity contribution >= 4 is 40.7 Å². The number of halogens is 2. The number of nitrogens with zero attached hydrogens (tertiary/aromatic N) is 1. The molecule has 0 heterocycles. The second kappa shape index (κ2) is 7.39. The average Bonchev–Trinajstić information content (AvgIpc) is 2.28. The Labute approximate surface area is 123 Å². The first-order valence-corrected chi connectivity index (χ1v) is 7.78. The standard InChI is InChI=1S/C13H17Cl2NOS/c1-9(8-18-3)16(2)7-13(17)11-5-4-10(14)6-12(11)15/h4-6,9H,7-8H2,1-3H3. The van der Waals surface area contributed by atoms with Gasteiger partial charge < -0.3 is 0 Å². The molecule has 0 aliphatic carbocycles. The zero-order valence-corrected chi connectivity index (χ0v) is 13.1. The molecule has 5 heteroatoms. The summed E-state index contributed by atoms with van der Waals surface area (Å²) in [6.45, 7) is 2.47. The molecule has 0 amide bonds. The van der Waals surface area contributed by atoms with Gasteiger partial charge in [0.15, 0.2) is 5.78 Å². The SMILES string of the molecule is CSCC(C)N(C)CC(=O)c1ccc(Cl)cc1Cl. The Kier molecular flexibility index (Phi) is 6.50. The average molecular weight is 306 g/mol. The van der Waals surface area contributed by atoms with Gasteiger partial charge in [-0.2, -0.15) is 11.8 Å². The highest BCUT2D eigenvalue weighted by molar-refractivity contribution is 7.98. The summed E-state index contributed by atoms with van der Waals surface area (Å²) < 4.78 is 0. The van der Waals surface area contributed by atoms with E-state index in [9.17, 15) is 4.79 Å². The Morgan fingerprint density at radius 3 is 2.67 bits per heavy atom. The number of likely N-dealkylation sites (N-methyl/N-ethyl adjacent to an activating group) is 1. The number of Topliss-reactive ketones (excluding diaryl/α,β-unsaturated/α-hetero) is 1. The minimum atomic E-state index is 0.0205. The van der Waals surface area contributed by atoms with E-state index in [0.717, 1.165) is 5.75 Å². The fourth-order valence-electron chi connectivity index (χ4n) is 1.55. The van der Waals surface area contributed by atoms with Crippen LogP contribution in [0.3, 0.4) is 0 Å². The minimum Gasteiger partial charge on any atom is -0.295 e. The molecule has 0 bridgehead atoms. The van der Waals surface area contributed by atoms with E-state index in [1.54, 1.807) is 30.0 Å². The monoisotopic (exact) mass is 305 g/mol. The Morgan fingerprint density at radius 1 is 1.44 bits per heavy atom. The first-order valence-electron chi connectivity index (χ1n) is 5.63. The van der Waals surface area contributed by atoms with Crippen LogP contribution in [0.25, 0.3) is 0 Å². The maximum Gasteiger partial charge on any atom is 0.178 e. The molecular formula is C13H17Cl2NOS. The van der Waals surface area contributed by atoms with Crippen molar-refractivity contribution in [2.45, 2.75) is 13.0 Å². The van der Waals surface area contributed by atoms with Crippen molar-refractivity contribution in [2.24, 2.45) is 0 Å². The van der Waals surface area contributed by atoms with Crippen molar-refractivity contribution in [1.29, 1.82) is 0 Å². The lowest BCUT2D eigenvalue weighted by atomic mass is 10.1. The molecule has 0 aliphatic rings. The van der Waals surface area contributed by atoms with Crippen molar-refractivity contribution in [2.75, 3.05) is 25.6 Å². The van der Waals surface area contributed by atoms with Crippen molar-refractivity contribution in [3.63, 3.8) is 0 Å². The molecule has 18 heavy (non-hydrogen) atoms. The van der Waals surface area contributed by atoms with Crippen LogP contribution in [0.2, 0.25) is 10.0 Å². The summed E-state index contributed by atoms with van der Waals surface area (Å²) in [5.74, 6) is 1.02. The van der Waals surface area contributed by atoms with Crippen molar-refractivity contribution in [3.8, 4) is 0 Å². The first kappa shape index (κ1) is 15.8. The summed E-state index contributed by atoms with van der Waals surface area (Å²) in [4.78, 5) is 14.2. The molecule has 0 saturated heterocycles. The third-order valence-corrected chi connectivity index (χ3v) is 4.15. The Bertz CT molecular complexity index is 425. The van der Waals surface area contributed by atoms with E-state index in [1.807, 2.05) is 11.9 Å². The van der Waals surface area contributed by atoms with Gasteiger partial charge in [0, 0.05) is 22.4 Å². The van der Waals surface area contributed by atoms with Gasteiger partial charge in [0.05, 0.1) is 11.6 Å². The third-order valence-electron chi connectivity index (χ3n) is 2.78. The normalized spacial score (nSPS) is 12.8. The van der Waals surface area contributed by atoms with Gasteiger partial charge in [-0.05, 0) is 38.4 Å². The topological polar surface area (TPSA) is 20.3 Å². The number of benzene rings is 1. The van der Waals surface area contributed by atoms with Crippen LogP contribution in [0.1, 0.15) is 17.3 Å². The number of ketones is 1. The number of carbonyl (C=O) groups excluding carboxylic acids is 1. The first-order chi connectivity index (χ1) is 8.45. The number of hydrogen-bond donors (Lipinski definition) is 0. The molecular weight excluding hydrogens is 289 g/mol. The van der Waals surface area contributed by atoms with E-state index in [2.05, 4.69) is 13.2 Å². The zero-order valence-electron chi connectivity index (χ0n) is 10.7. The largest absolute Gasteiger partial charge is 0.295 e. The van der Waals surface area contributed by atoms with Gasteiger partial charge in [-0.1, -0.05) is 23.2 Å². The summed E-state index contributed by atoms with van der Waals surface area (Å²) in [5, 5.41) is 0.957. The van der Waals surface area contributed by atoms with E-state index in [-0.39, 0.29) is 5.78 Å². The summed E-state index contributed by atoms with van der Waals surface area (Å²) in [7, 11) is 1.95. The molecule has 0 spiro atoms. The third kappa shape index (κ3) is 4.47. The highest BCUT2D eigenvalue weighted by atomic mass is 35.5. The van der Waals surface area contributed by atoms with Gasteiger partial charge in [0.25, 0.3) is 0 Å². The molecule has 0 radical (unpaired) electrons. The maximum atomic E-state index is 12.1. The fourth-order valence-corrected chi connectivity index (χ4v) is 2.80. The van der Waals surface area contributed by atoms with E-state index >= 15 is 0 Å². The molecule has 1 rings (SSSR count). The molecule has 1 aromatic rings. The fraction of sp³-hybridized carbons (Fsp3) is 0.462. The molecule has 2 nitrogen and oxygen atoms in total. The van der Waals surface area contributed by atoms with E-state index < -0.39 is 0 Å². The summed E-state index contributed by atoms with van der Waals surface area (Å²) >= 11 is 13.6. The van der Waals surface area contributed by atoms with Crippen LogP contribution < -0.4 is 0 Å². The van der Waals surface area contributed by atoms with E-state index in [4.69, 9.17) is 23.2 Å². The van der Waals surface area contributed by atoms with Crippen LogP contribution in [0.15, 0.2) is 18.2 Å². The van der Waals surface area contributed by atoms with Gasteiger partial charge in [-0.25, -0.2) is 0 Å². The highest BCUT2D eigenvalue weighted by Gasteiger charge is 2.16. The highest BCUT2D eigenvalue weighted by Crippen LogP contribution is 2.21. The summed E-state index contributed by atoms with van der Waals surface area (Å²) in [6, 6.07) is 5.32. The molecule has 0 saturated carbocycles. The maximum absolute atomic E-state index is 12.1. The lowest BCUT2D eigenvalue weighted by Crippen LogP contribution is -2.35. The van der Waals surface area contributed by atoms with Crippen molar-refractivity contribution in [3.05, 3.63) is 33.8 Å². The van der Waals surface area contributed by atoms with Gasteiger partial charge >= 0.3 is 0 Å². The minimum absolute atomic E-state index is 0.0205. The Balaban J connectivity index is 2.70. The molecule has 0 aromatic heterocycles. The number of rotatable bonds is 6. The van der Waals surface area contributed by atoms with Gasteiger partial charge in [-0.15, -0.1) is 0 Å². The van der Waals surface area contributed by atoms with Crippen LogP contribution in [0.5, 0.6) is 0 Å². The van der Waals surface area contributed by atoms with Crippen LogP contribution in [-0.4, -0.2) is 42.3 Å². The Morgan fingerprint density at radius 2 is 2.11 bits per heavy atom. The molecule has 1 aromatic carbocycles. The van der Waals surface area contributed by atoms with Gasteiger partial charge in [0.2, 0.25) is 0 Å². The van der Waals surface area contributed by atoms with E-state index in [0.29, 0.717) is 28.2 Å². The van der Waals surface area contributed by atoms with Crippen LogP contribution in [-0.2, 0) is 0 Å². The predicted molar refractivity (Wildman–Crippen MR) is 81.3 cm³/mol. The molecule has 0 aliphatic heterocycles. The second-order valence-corrected chi connectivity index (χ2v) is 6.02. The Hall–Kier alpha value is -0.220. The molecule has 100 valence electrons. The zero-order chi connectivity index (χ0) is 13.7. The lowest BCUT2D eigenvalue weighted by Gasteiger charge is -2.23. The van der Waals surface area contributed by atoms with E-state index in [1.165, 1.54) is 0 Å². The molecule has 0 fully saturated rings. The van der Waals surface area contributed by atoms with Crippen LogP contribution >= 0.6 is 35.0 Å². The molecule has 1 unspecified atom stereocenters. The van der Waals surface area contributed by atoms with Crippen LogP contribution in [0.4, 0.5) is 0 Å². The smallest absolute Gasteiger partial charge is 0.178 e. The number of thioether (sulfide) groups is 1. The second-order valence-electron chi connectivity index (χ2n) is 4.27. The molecule has 1 atom stereocenters. The predicted octanol–water partition coefficient (Wildman–Crippen LogP) is 3.86. The van der Waals surface area contributed by atoms with Gasteiger partial charge in [0.1, 0.15) is 0 Å².